The topological polar surface area (TPSA) is 34.5 Å². The molecule has 0 spiro atoms. The van der Waals surface area contributed by atoms with Crippen molar-refractivity contribution < 1.29 is 9.53 Å². The number of nitrogens with zero attached hydrogens (tertiary/aromatic N) is 2. The van der Waals surface area contributed by atoms with E-state index >= 15 is 0 Å². The van der Waals surface area contributed by atoms with Gasteiger partial charge in [-0.1, -0.05) is 0 Å². The Labute approximate surface area is 158 Å². The first kappa shape index (κ1) is 17.3. The van der Waals surface area contributed by atoms with Crippen LogP contribution in [0.5, 0.6) is 5.75 Å². The molecule has 0 amide bonds. The zero-order chi connectivity index (χ0) is 18.1. The molecule has 3 heterocycles. The lowest BCUT2D eigenvalue weighted by Gasteiger charge is -2.16. The van der Waals surface area contributed by atoms with Crippen LogP contribution in [0.15, 0.2) is 36.4 Å². The predicted molar refractivity (Wildman–Crippen MR) is 107 cm³/mol. The van der Waals surface area contributed by atoms with Gasteiger partial charge in [0.1, 0.15) is 10.6 Å². The molecule has 4 rings (SSSR count). The molecule has 0 atom stereocenters. The van der Waals surface area contributed by atoms with Crippen molar-refractivity contribution in [3.8, 4) is 5.75 Å². The van der Waals surface area contributed by atoms with Crippen molar-refractivity contribution >= 4 is 27.3 Å². The van der Waals surface area contributed by atoms with E-state index in [1.807, 2.05) is 30.3 Å². The summed E-state index contributed by atoms with van der Waals surface area (Å²) in [4.78, 5) is 17.4. The minimum absolute atomic E-state index is 0.0811. The molecule has 1 aliphatic heterocycles. The Morgan fingerprint density at radius 2 is 1.85 bits per heavy atom. The number of ketones is 1. The maximum Gasteiger partial charge on any atom is 0.203 e. The molecule has 5 heteroatoms. The second kappa shape index (κ2) is 7.25. The Kier molecular flexibility index (Phi) is 4.83. The molecule has 2 aromatic heterocycles. The first-order valence-corrected chi connectivity index (χ1v) is 9.98. The number of fused-ring (bicyclic) bond motifs is 1. The minimum Gasteiger partial charge on any atom is -0.497 e. The monoisotopic (exact) mass is 368 g/mol. The summed E-state index contributed by atoms with van der Waals surface area (Å²) in [7, 11) is 1.63. The van der Waals surface area contributed by atoms with E-state index in [4.69, 9.17) is 4.74 Å². The van der Waals surface area contributed by atoms with E-state index < -0.39 is 0 Å². The number of hydrogen-bond donors (Lipinski definition) is 0. The zero-order valence-corrected chi connectivity index (χ0v) is 16.1. The van der Waals surface area contributed by atoms with Gasteiger partial charge in [0.2, 0.25) is 5.78 Å². The Morgan fingerprint density at radius 1 is 1.12 bits per heavy atom. The summed E-state index contributed by atoms with van der Waals surface area (Å²) in [5.41, 5.74) is 1.98. The highest BCUT2D eigenvalue weighted by Crippen LogP contribution is 2.31. The van der Waals surface area contributed by atoms with Gasteiger partial charge in [-0.3, -0.25) is 4.79 Å². The van der Waals surface area contributed by atoms with Crippen LogP contribution in [0.1, 0.15) is 33.8 Å². The first-order valence-electron chi connectivity index (χ1n) is 9.16. The molecule has 0 N–H and O–H groups in total. The molecule has 3 aromatic rings. The first-order chi connectivity index (χ1) is 12.7. The van der Waals surface area contributed by atoms with E-state index in [-0.39, 0.29) is 5.78 Å². The maximum absolute atomic E-state index is 12.8. The molecule has 0 radical (unpaired) electrons. The normalized spacial score (nSPS) is 15.0. The van der Waals surface area contributed by atoms with Gasteiger partial charge < -0.3 is 14.2 Å². The summed E-state index contributed by atoms with van der Waals surface area (Å²) in [6, 6.07) is 11.6. The molecule has 0 aliphatic carbocycles. The van der Waals surface area contributed by atoms with E-state index in [2.05, 4.69) is 22.5 Å². The van der Waals surface area contributed by atoms with E-state index in [1.165, 1.54) is 41.8 Å². The van der Waals surface area contributed by atoms with Crippen LogP contribution >= 0.6 is 11.3 Å². The van der Waals surface area contributed by atoms with Crippen molar-refractivity contribution in [2.45, 2.75) is 26.3 Å². The number of carbonyl (C=O) groups excluding carboxylic acids is 1. The van der Waals surface area contributed by atoms with Gasteiger partial charge in [0.15, 0.2) is 0 Å². The van der Waals surface area contributed by atoms with E-state index in [0.29, 0.717) is 5.56 Å². The number of aryl methyl sites for hydroxylation is 1. The number of benzene rings is 1. The summed E-state index contributed by atoms with van der Waals surface area (Å²) in [6.07, 6.45) is 2.64. The second-order valence-electron chi connectivity index (χ2n) is 6.91. The molecular formula is C21H24N2O2S. The maximum atomic E-state index is 12.8. The van der Waals surface area contributed by atoms with Gasteiger partial charge in [-0.2, -0.15) is 0 Å². The van der Waals surface area contributed by atoms with Gasteiger partial charge in [0, 0.05) is 29.7 Å². The highest BCUT2D eigenvalue weighted by molar-refractivity contribution is 7.20. The summed E-state index contributed by atoms with van der Waals surface area (Å²) in [6.45, 7) is 6.67. The summed E-state index contributed by atoms with van der Waals surface area (Å²) >= 11 is 1.60. The van der Waals surface area contributed by atoms with Crippen LogP contribution in [0.25, 0.3) is 10.2 Å². The van der Waals surface area contributed by atoms with Crippen molar-refractivity contribution in [3.05, 3.63) is 52.5 Å². The summed E-state index contributed by atoms with van der Waals surface area (Å²) in [5, 5.41) is 1.17. The molecule has 1 fully saturated rings. The smallest absolute Gasteiger partial charge is 0.203 e. The van der Waals surface area contributed by atoms with Crippen LogP contribution in [0.3, 0.4) is 0 Å². The molecule has 0 saturated carbocycles. The molecular weight excluding hydrogens is 344 g/mol. The van der Waals surface area contributed by atoms with Gasteiger partial charge >= 0.3 is 0 Å². The Balaban J connectivity index is 1.57. The van der Waals surface area contributed by atoms with Crippen molar-refractivity contribution in [1.29, 1.82) is 0 Å². The molecule has 4 nitrogen and oxygen atoms in total. The SMILES string of the molecule is COc1ccc(C(=O)c2cc3cc(C)n(CCN4CCCC4)c3s2)cc1. The standard InChI is InChI=1S/C21H24N2O2S/c1-15-13-17-14-19(20(24)16-5-7-18(25-2)8-6-16)26-21(17)23(15)12-11-22-9-3-4-10-22/h5-8,13-14H,3-4,9-12H2,1-2H3. The summed E-state index contributed by atoms with van der Waals surface area (Å²) < 4.78 is 7.54. The molecule has 1 saturated heterocycles. The van der Waals surface area contributed by atoms with Crippen LogP contribution < -0.4 is 4.74 Å². The molecule has 1 aliphatic rings. The number of thiophene rings is 1. The Bertz CT molecular complexity index is 918. The number of likely N-dealkylation sites (tertiary alicyclic amines) is 1. The Morgan fingerprint density at radius 3 is 2.54 bits per heavy atom. The van der Waals surface area contributed by atoms with E-state index in [0.717, 1.165) is 23.7 Å². The fourth-order valence-electron chi connectivity index (χ4n) is 3.70. The molecule has 0 unspecified atom stereocenters. The fourth-order valence-corrected chi connectivity index (χ4v) is 4.88. The average molecular weight is 369 g/mol. The number of aromatic nitrogens is 1. The van der Waals surface area contributed by atoms with Crippen LogP contribution in [-0.4, -0.2) is 42.0 Å². The minimum atomic E-state index is 0.0811. The lowest BCUT2D eigenvalue weighted by atomic mass is 10.1. The van der Waals surface area contributed by atoms with Crippen molar-refractivity contribution in [2.24, 2.45) is 0 Å². The van der Waals surface area contributed by atoms with Gasteiger partial charge in [0.05, 0.1) is 12.0 Å². The van der Waals surface area contributed by atoms with Crippen LogP contribution in [0.4, 0.5) is 0 Å². The lowest BCUT2D eigenvalue weighted by Crippen LogP contribution is -2.24. The third-order valence-corrected chi connectivity index (χ3v) is 6.36. The lowest BCUT2D eigenvalue weighted by molar-refractivity contribution is 0.104. The molecule has 1 aromatic carbocycles. The average Bonchev–Trinajstić information content (AvgIpc) is 3.36. The number of ether oxygens (including phenoxy) is 1. The van der Waals surface area contributed by atoms with Gasteiger partial charge in [-0.05, 0) is 69.3 Å². The summed E-state index contributed by atoms with van der Waals surface area (Å²) in [5.74, 6) is 0.847. The van der Waals surface area contributed by atoms with Crippen LogP contribution in [0.2, 0.25) is 0 Å². The number of carbonyl (C=O) groups is 1. The van der Waals surface area contributed by atoms with Crippen LogP contribution in [0, 0.1) is 6.92 Å². The number of hydrogen-bond acceptors (Lipinski definition) is 4. The van der Waals surface area contributed by atoms with Crippen molar-refractivity contribution in [1.82, 2.24) is 9.47 Å². The van der Waals surface area contributed by atoms with Crippen molar-refractivity contribution in [2.75, 3.05) is 26.7 Å². The Hall–Kier alpha value is -2.11. The quantitative estimate of drug-likeness (QED) is 0.607. The molecule has 0 bridgehead atoms. The van der Waals surface area contributed by atoms with E-state index in [1.54, 1.807) is 18.4 Å². The van der Waals surface area contributed by atoms with E-state index in [9.17, 15) is 4.79 Å². The van der Waals surface area contributed by atoms with Gasteiger partial charge in [0.25, 0.3) is 0 Å². The number of rotatable bonds is 6. The molecule has 26 heavy (non-hydrogen) atoms. The highest BCUT2D eigenvalue weighted by Gasteiger charge is 2.17. The second-order valence-corrected chi connectivity index (χ2v) is 7.95. The molecule has 136 valence electrons. The van der Waals surface area contributed by atoms with Gasteiger partial charge in [-0.25, -0.2) is 0 Å². The van der Waals surface area contributed by atoms with Crippen molar-refractivity contribution in [3.63, 3.8) is 0 Å². The highest BCUT2D eigenvalue weighted by atomic mass is 32.1. The zero-order valence-electron chi connectivity index (χ0n) is 15.3. The fraction of sp³-hybridized carbons (Fsp3) is 0.381. The third-order valence-electron chi connectivity index (χ3n) is 5.19. The number of methoxy groups -OCH3 is 1. The largest absolute Gasteiger partial charge is 0.497 e. The predicted octanol–water partition coefficient (Wildman–Crippen LogP) is 4.35. The van der Waals surface area contributed by atoms with Gasteiger partial charge in [-0.15, -0.1) is 11.3 Å². The van der Waals surface area contributed by atoms with Crippen LogP contribution in [-0.2, 0) is 6.54 Å². The third kappa shape index (κ3) is 3.29.